The number of hydrogen-bond donors (Lipinski definition) is 0. The van der Waals surface area contributed by atoms with E-state index in [1.165, 1.54) is 12.1 Å². The summed E-state index contributed by atoms with van der Waals surface area (Å²) in [7, 11) is 1.55. The number of rotatable bonds is 7. The maximum Gasteiger partial charge on any atom is 0.295 e. The first-order valence-electron chi connectivity index (χ1n) is 12.7. The minimum Gasteiger partial charge on any atom is -0.493 e. The molecule has 0 spiro atoms. The molecule has 1 aliphatic rings. The predicted molar refractivity (Wildman–Crippen MR) is 145 cm³/mol. The van der Waals surface area contributed by atoms with E-state index in [-0.39, 0.29) is 22.3 Å². The Bertz CT molecular complexity index is 1610. The van der Waals surface area contributed by atoms with Crippen LogP contribution >= 0.6 is 0 Å². The lowest BCUT2D eigenvalue weighted by atomic mass is 9.97. The number of anilines is 1. The van der Waals surface area contributed by atoms with Crippen LogP contribution in [0.3, 0.4) is 0 Å². The average molecular weight is 516 g/mol. The number of methoxy groups -OCH3 is 1. The van der Waals surface area contributed by atoms with E-state index in [0.717, 1.165) is 23.6 Å². The molecule has 0 saturated carbocycles. The second-order valence-electron chi connectivity index (χ2n) is 10.1. The molecule has 5 rings (SSSR count). The van der Waals surface area contributed by atoms with Crippen LogP contribution < -0.4 is 19.8 Å². The van der Waals surface area contributed by atoms with E-state index >= 15 is 0 Å². The van der Waals surface area contributed by atoms with Crippen molar-refractivity contribution in [2.24, 2.45) is 5.92 Å². The molecule has 0 bridgehead atoms. The molecule has 0 saturated heterocycles. The minimum absolute atomic E-state index is 0.0476. The number of carbonyl (C=O) groups is 1. The highest BCUT2D eigenvalue weighted by Crippen LogP contribution is 2.43. The highest BCUT2D eigenvalue weighted by atomic mass is 19.1. The van der Waals surface area contributed by atoms with Gasteiger partial charge in [0, 0.05) is 5.69 Å². The molecular weight excluding hydrogens is 485 g/mol. The molecule has 1 aromatic heterocycles. The number of nitrogens with zero attached hydrogens (tertiary/aromatic N) is 1. The van der Waals surface area contributed by atoms with Gasteiger partial charge in [-0.15, -0.1) is 0 Å². The van der Waals surface area contributed by atoms with E-state index in [2.05, 4.69) is 13.8 Å². The Morgan fingerprint density at radius 3 is 2.47 bits per heavy atom. The van der Waals surface area contributed by atoms with Crippen LogP contribution in [0.15, 0.2) is 63.8 Å². The summed E-state index contributed by atoms with van der Waals surface area (Å²) in [6.07, 6.45) is 0.890. The number of ether oxygens (including phenoxy) is 2. The molecule has 0 radical (unpaired) electrons. The molecule has 3 aromatic carbocycles. The van der Waals surface area contributed by atoms with Crippen LogP contribution in [0.4, 0.5) is 10.1 Å². The summed E-state index contributed by atoms with van der Waals surface area (Å²) in [4.78, 5) is 29.2. The van der Waals surface area contributed by atoms with Crippen molar-refractivity contribution in [1.29, 1.82) is 0 Å². The summed E-state index contributed by atoms with van der Waals surface area (Å²) < 4.78 is 31.6. The van der Waals surface area contributed by atoms with E-state index in [1.807, 2.05) is 38.1 Å². The van der Waals surface area contributed by atoms with Gasteiger partial charge in [0.05, 0.1) is 30.7 Å². The van der Waals surface area contributed by atoms with Crippen LogP contribution in [0, 0.1) is 25.6 Å². The van der Waals surface area contributed by atoms with Gasteiger partial charge in [0.15, 0.2) is 16.9 Å². The first-order valence-corrected chi connectivity index (χ1v) is 12.7. The largest absolute Gasteiger partial charge is 0.493 e. The molecule has 0 fully saturated rings. The molecule has 7 heteroatoms. The fourth-order valence-corrected chi connectivity index (χ4v) is 4.78. The lowest BCUT2D eigenvalue weighted by Crippen LogP contribution is -2.29. The van der Waals surface area contributed by atoms with Gasteiger partial charge in [-0.25, -0.2) is 4.39 Å². The van der Waals surface area contributed by atoms with Gasteiger partial charge in [0.1, 0.15) is 11.4 Å². The maximum atomic E-state index is 14.1. The Morgan fingerprint density at radius 2 is 1.76 bits per heavy atom. The minimum atomic E-state index is -0.804. The molecule has 1 atom stereocenters. The molecule has 4 aromatic rings. The van der Waals surface area contributed by atoms with Crippen LogP contribution in [0.25, 0.3) is 11.0 Å². The van der Waals surface area contributed by atoms with E-state index < -0.39 is 23.2 Å². The number of fused-ring (bicyclic) bond motifs is 2. The molecule has 1 aliphatic heterocycles. The number of aryl methyl sites for hydroxylation is 2. The van der Waals surface area contributed by atoms with Crippen LogP contribution in [0.2, 0.25) is 0 Å². The molecule has 2 heterocycles. The smallest absolute Gasteiger partial charge is 0.295 e. The van der Waals surface area contributed by atoms with E-state index in [0.29, 0.717) is 35.3 Å². The summed E-state index contributed by atoms with van der Waals surface area (Å²) in [5.41, 5.74) is 3.24. The maximum absolute atomic E-state index is 14.1. The van der Waals surface area contributed by atoms with E-state index in [4.69, 9.17) is 13.9 Å². The van der Waals surface area contributed by atoms with Gasteiger partial charge in [-0.3, -0.25) is 14.5 Å². The van der Waals surface area contributed by atoms with Crippen molar-refractivity contribution < 1.29 is 23.1 Å². The van der Waals surface area contributed by atoms with Gasteiger partial charge in [0.25, 0.3) is 5.91 Å². The van der Waals surface area contributed by atoms with E-state index in [9.17, 15) is 14.0 Å². The third kappa shape index (κ3) is 4.42. The monoisotopic (exact) mass is 515 g/mol. The number of hydrogen-bond acceptors (Lipinski definition) is 5. The van der Waals surface area contributed by atoms with Gasteiger partial charge in [0.2, 0.25) is 5.76 Å². The Hall–Kier alpha value is -4.13. The zero-order valence-corrected chi connectivity index (χ0v) is 22.1. The van der Waals surface area contributed by atoms with Crippen molar-refractivity contribution in [2.45, 2.75) is 40.2 Å². The Balaban J connectivity index is 1.70. The van der Waals surface area contributed by atoms with Crippen LogP contribution in [0.5, 0.6) is 11.5 Å². The Morgan fingerprint density at radius 1 is 0.974 bits per heavy atom. The third-order valence-electron chi connectivity index (χ3n) is 7.06. The number of halogens is 1. The second-order valence-corrected chi connectivity index (χ2v) is 10.1. The molecule has 6 nitrogen and oxygen atoms in total. The summed E-state index contributed by atoms with van der Waals surface area (Å²) in [5.74, 6) is 0.518. The topological polar surface area (TPSA) is 69.0 Å². The summed E-state index contributed by atoms with van der Waals surface area (Å²) in [6.45, 7) is 8.75. The lowest BCUT2D eigenvalue weighted by Gasteiger charge is -2.26. The number of amides is 1. The summed E-state index contributed by atoms with van der Waals surface area (Å²) in [5, 5.41) is 0.0871. The molecule has 38 heavy (non-hydrogen) atoms. The Kier molecular flexibility index (Phi) is 6.69. The fourth-order valence-electron chi connectivity index (χ4n) is 4.78. The predicted octanol–water partition coefficient (Wildman–Crippen LogP) is 6.73. The first-order chi connectivity index (χ1) is 18.2. The van der Waals surface area contributed by atoms with Crippen molar-refractivity contribution in [3.8, 4) is 11.5 Å². The van der Waals surface area contributed by atoms with Gasteiger partial charge >= 0.3 is 0 Å². The number of carbonyl (C=O) groups excluding carboxylic acids is 1. The SMILES string of the molecule is COc1cc(C2c3c(oc4ccc(F)cc4c3=O)C(=O)N2c2ccc(C)c(C)c2)ccc1OCCC(C)C. The molecule has 1 amide bonds. The van der Waals surface area contributed by atoms with Crippen molar-refractivity contribution in [3.63, 3.8) is 0 Å². The first kappa shape index (κ1) is 25.5. The van der Waals surface area contributed by atoms with Gasteiger partial charge < -0.3 is 13.9 Å². The zero-order valence-electron chi connectivity index (χ0n) is 22.1. The molecular formula is C31H30FNO5. The molecule has 1 unspecified atom stereocenters. The average Bonchev–Trinajstić information content (AvgIpc) is 3.18. The third-order valence-corrected chi connectivity index (χ3v) is 7.06. The zero-order chi connectivity index (χ0) is 27.1. The second kappa shape index (κ2) is 9.97. The molecule has 196 valence electrons. The van der Waals surface area contributed by atoms with Crippen LogP contribution in [-0.2, 0) is 0 Å². The fraction of sp³-hybridized carbons (Fsp3) is 0.290. The number of benzene rings is 3. The summed E-state index contributed by atoms with van der Waals surface area (Å²) >= 11 is 0. The quantitative estimate of drug-likeness (QED) is 0.273. The summed E-state index contributed by atoms with van der Waals surface area (Å²) in [6, 6.07) is 14.0. The lowest BCUT2D eigenvalue weighted by molar-refractivity contribution is 0.0971. The Labute approximate surface area is 220 Å². The van der Waals surface area contributed by atoms with Crippen molar-refractivity contribution in [2.75, 3.05) is 18.6 Å². The van der Waals surface area contributed by atoms with Gasteiger partial charge in [-0.2, -0.15) is 0 Å². The molecule has 0 N–H and O–H groups in total. The van der Waals surface area contributed by atoms with Crippen molar-refractivity contribution >= 4 is 22.6 Å². The van der Waals surface area contributed by atoms with Crippen LogP contribution in [-0.4, -0.2) is 19.6 Å². The highest BCUT2D eigenvalue weighted by Gasteiger charge is 2.44. The van der Waals surface area contributed by atoms with Crippen molar-refractivity contribution in [3.05, 3.63) is 98.7 Å². The standard InChI is InChI=1S/C31H30FNO5/c1-17(2)12-13-37-25-10-7-20(15-26(25)36-5)28-27-29(34)23-16-21(32)8-11-24(23)38-30(27)31(35)33(28)22-9-6-18(3)19(4)14-22/h6-11,14-17,28H,12-13H2,1-5H3. The van der Waals surface area contributed by atoms with Crippen LogP contribution in [0.1, 0.15) is 59.1 Å². The van der Waals surface area contributed by atoms with Gasteiger partial charge in [-0.1, -0.05) is 26.0 Å². The van der Waals surface area contributed by atoms with Gasteiger partial charge in [-0.05, 0) is 85.3 Å². The molecule has 0 aliphatic carbocycles. The highest BCUT2D eigenvalue weighted by molar-refractivity contribution is 6.10. The normalized spacial score (nSPS) is 14.9. The van der Waals surface area contributed by atoms with Crippen molar-refractivity contribution in [1.82, 2.24) is 0 Å². The van der Waals surface area contributed by atoms with E-state index in [1.54, 1.807) is 24.1 Å².